The van der Waals surface area contributed by atoms with Crippen molar-refractivity contribution in [1.29, 1.82) is 0 Å². The van der Waals surface area contributed by atoms with Gasteiger partial charge in [-0.3, -0.25) is 4.79 Å². The summed E-state index contributed by atoms with van der Waals surface area (Å²) in [6.07, 6.45) is 2.52. The van der Waals surface area contributed by atoms with E-state index >= 15 is 0 Å². The number of hydrogen-bond acceptors (Lipinski definition) is 5. The van der Waals surface area contributed by atoms with Gasteiger partial charge in [0.15, 0.2) is 0 Å². The van der Waals surface area contributed by atoms with E-state index in [1.54, 1.807) is 24.3 Å². The van der Waals surface area contributed by atoms with E-state index in [1.165, 1.54) is 0 Å². The van der Waals surface area contributed by atoms with Crippen LogP contribution in [0.25, 0.3) is 0 Å². The molecule has 0 N–H and O–H groups in total. The predicted octanol–water partition coefficient (Wildman–Crippen LogP) is 2.73. The number of fused-ring (bicyclic) bond motifs is 1. The number of carbonyl (C=O) groups excluding carboxylic acids is 2. The number of ether oxygens (including phenoxy) is 3. The maximum Gasteiger partial charge on any atom is 0.338 e. The van der Waals surface area contributed by atoms with Crippen molar-refractivity contribution in [2.75, 3.05) is 13.2 Å². The van der Waals surface area contributed by atoms with E-state index in [4.69, 9.17) is 14.2 Å². The molecule has 1 aliphatic carbocycles. The van der Waals surface area contributed by atoms with E-state index in [0.29, 0.717) is 12.0 Å². The molecule has 0 amide bonds. The van der Waals surface area contributed by atoms with Crippen LogP contribution < -0.4 is 0 Å². The molecule has 2 aliphatic rings. The van der Waals surface area contributed by atoms with Gasteiger partial charge in [0.1, 0.15) is 13.2 Å². The van der Waals surface area contributed by atoms with Crippen LogP contribution in [0.3, 0.4) is 0 Å². The molecule has 1 aromatic rings. The number of rotatable bonds is 5. The first kappa shape index (κ1) is 16.0. The van der Waals surface area contributed by atoms with Crippen LogP contribution >= 0.6 is 0 Å². The Hall–Kier alpha value is -1.88. The Kier molecular flexibility index (Phi) is 4.15. The summed E-state index contributed by atoms with van der Waals surface area (Å²) in [5, 5.41) is 0. The van der Waals surface area contributed by atoms with Crippen molar-refractivity contribution < 1.29 is 23.8 Å². The van der Waals surface area contributed by atoms with Gasteiger partial charge in [0.05, 0.1) is 22.7 Å². The zero-order valence-electron chi connectivity index (χ0n) is 13.5. The molecule has 0 spiro atoms. The highest BCUT2D eigenvalue weighted by Crippen LogP contribution is 2.53. The fraction of sp³-hybridized carbons (Fsp3) is 0.556. The van der Waals surface area contributed by atoms with Gasteiger partial charge in [0.25, 0.3) is 0 Å². The Morgan fingerprint density at radius 3 is 2.52 bits per heavy atom. The first-order valence-electron chi connectivity index (χ1n) is 8.00. The van der Waals surface area contributed by atoms with Crippen molar-refractivity contribution in [2.45, 2.75) is 44.8 Å². The number of hydrogen-bond donors (Lipinski definition) is 0. The Morgan fingerprint density at radius 1 is 1.13 bits per heavy atom. The van der Waals surface area contributed by atoms with E-state index in [2.05, 4.69) is 6.92 Å². The summed E-state index contributed by atoms with van der Waals surface area (Å²) in [4.78, 5) is 24.0. The lowest BCUT2D eigenvalue weighted by atomic mass is 9.72. The van der Waals surface area contributed by atoms with Crippen molar-refractivity contribution in [2.24, 2.45) is 5.41 Å². The second kappa shape index (κ2) is 5.96. The minimum Gasteiger partial charge on any atom is -0.462 e. The third-order valence-corrected chi connectivity index (χ3v) is 4.90. The quantitative estimate of drug-likeness (QED) is 0.474. The van der Waals surface area contributed by atoms with Crippen LogP contribution in [0.1, 0.15) is 43.5 Å². The zero-order valence-corrected chi connectivity index (χ0v) is 13.5. The summed E-state index contributed by atoms with van der Waals surface area (Å²) in [6.45, 7) is 4.15. The summed E-state index contributed by atoms with van der Waals surface area (Å²) >= 11 is 0. The fourth-order valence-electron chi connectivity index (χ4n) is 3.09. The molecule has 3 rings (SSSR count). The van der Waals surface area contributed by atoms with Gasteiger partial charge < -0.3 is 14.2 Å². The van der Waals surface area contributed by atoms with Crippen LogP contribution in [0.15, 0.2) is 30.3 Å². The van der Waals surface area contributed by atoms with Crippen molar-refractivity contribution >= 4 is 11.9 Å². The Balaban J connectivity index is 1.40. The lowest BCUT2D eigenvalue weighted by molar-refractivity contribution is -0.157. The van der Waals surface area contributed by atoms with Crippen LogP contribution in [-0.2, 0) is 19.0 Å². The maximum absolute atomic E-state index is 12.3. The molecule has 0 radical (unpaired) electrons. The van der Waals surface area contributed by atoms with Gasteiger partial charge in [0, 0.05) is 0 Å². The van der Waals surface area contributed by atoms with Crippen LogP contribution in [0.4, 0.5) is 0 Å². The highest BCUT2D eigenvalue weighted by Gasteiger charge is 2.60. The van der Waals surface area contributed by atoms with Gasteiger partial charge in [-0.05, 0) is 45.2 Å². The molecule has 0 bridgehead atoms. The summed E-state index contributed by atoms with van der Waals surface area (Å²) in [6, 6.07) is 8.74. The third kappa shape index (κ3) is 3.39. The SMILES string of the molecule is C[C@]1(C(=O)OCCOC(=O)c2ccccc2)CC[C@@]2(C)O[C@@H]2C1. The van der Waals surface area contributed by atoms with E-state index < -0.39 is 11.4 Å². The fourth-order valence-corrected chi connectivity index (χ4v) is 3.09. The van der Waals surface area contributed by atoms with Crippen molar-refractivity contribution in [3.63, 3.8) is 0 Å². The second-order valence-corrected chi connectivity index (χ2v) is 6.82. The highest BCUT2D eigenvalue weighted by atomic mass is 16.6. The van der Waals surface area contributed by atoms with Gasteiger partial charge in [-0.2, -0.15) is 0 Å². The minimum absolute atomic E-state index is 0.0228. The summed E-state index contributed by atoms with van der Waals surface area (Å²) in [5.41, 5.74) is -0.0296. The Bertz CT molecular complexity index is 599. The monoisotopic (exact) mass is 318 g/mol. The first-order chi connectivity index (χ1) is 10.9. The molecule has 5 nitrogen and oxygen atoms in total. The largest absolute Gasteiger partial charge is 0.462 e. The standard InChI is InChI=1S/C18H22O5/c1-17(8-9-18(2)14(12-17)23-18)16(20)22-11-10-21-15(19)13-6-4-3-5-7-13/h3-7,14H,8-12H2,1-2H3/t14-,17+,18-/m1/s1. The summed E-state index contributed by atoms with van der Waals surface area (Å²) in [7, 11) is 0. The smallest absolute Gasteiger partial charge is 0.338 e. The van der Waals surface area contributed by atoms with E-state index in [1.807, 2.05) is 13.0 Å². The molecule has 3 atom stereocenters. The zero-order chi connectivity index (χ0) is 16.5. The summed E-state index contributed by atoms with van der Waals surface area (Å²) in [5.74, 6) is -0.640. The average molecular weight is 318 g/mol. The van der Waals surface area contributed by atoms with Gasteiger partial charge in [-0.25, -0.2) is 4.79 Å². The molecule has 5 heteroatoms. The molecule has 1 aliphatic heterocycles. The normalized spacial score (nSPS) is 31.8. The number of esters is 2. The topological polar surface area (TPSA) is 65.1 Å². The Morgan fingerprint density at radius 2 is 1.83 bits per heavy atom. The lowest BCUT2D eigenvalue weighted by Gasteiger charge is -2.31. The highest BCUT2D eigenvalue weighted by molar-refractivity contribution is 5.89. The molecule has 1 aromatic carbocycles. The molecule has 1 saturated heterocycles. The molecule has 0 aromatic heterocycles. The maximum atomic E-state index is 12.3. The van der Waals surface area contributed by atoms with Crippen molar-refractivity contribution in [1.82, 2.24) is 0 Å². The molecule has 1 saturated carbocycles. The second-order valence-electron chi connectivity index (χ2n) is 6.82. The minimum atomic E-state index is -0.496. The lowest BCUT2D eigenvalue weighted by Crippen LogP contribution is -2.37. The van der Waals surface area contributed by atoms with Gasteiger partial charge >= 0.3 is 11.9 Å². The van der Waals surface area contributed by atoms with E-state index in [9.17, 15) is 9.59 Å². The molecule has 1 heterocycles. The molecule has 0 unspecified atom stereocenters. The van der Waals surface area contributed by atoms with Crippen molar-refractivity contribution in [3.8, 4) is 0 Å². The van der Waals surface area contributed by atoms with Gasteiger partial charge in [-0.1, -0.05) is 18.2 Å². The molecular weight excluding hydrogens is 296 g/mol. The van der Waals surface area contributed by atoms with Gasteiger partial charge in [-0.15, -0.1) is 0 Å². The van der Waals surface area contributed by atoms with Crippen LogP contribution in [0.2, 0.25) is 0 Å². The van der Waals surface area contributed by atoms with Crippen LogP contribution in [0, 0.1) is 5.41 Å². The Labute approximate surface area is 135 Å². The van der Waals surface area contributed by atoms with E-state index in [-0.39, 0.29) is 30.9 Å². The van der Waals surface area contributed by atoms with Crippen molar-refractivity contribution in [3.05, 3.63) is 35.9 Å². The average Bonchev–Trinajstić information content (AvgIpc) is 3.22. The number of epoxide rings is 1. The predicted molar refractivity (Wildman–Crippen MR) is 82.9 cm³/mol. The third-order valence-electron chi connectivity index (χ3n) is 4.90. The van der Waals surface area contributed by atoms with Crippen LogP contribution in [0.5, 0.6) is 0 Å². The number of carbonyl (C=O) groups is 2. The number of benzene rings is 1. The van der Waals surface area contributed by atoms with Gasteiger partial charge in [0.2, 0.25) is 0 Å². The molecular formula is C18H22O5. The molecule has 2 fully saturated rings. The summed E-state index contributed by atoms with van der Waals surface area (Å²) < 4.78 is 16.0. The molecule has 23 heavy (non-hydrogen) atoms. The van der Waals surface area contributed by atoms with E-state index in [0.717, 1.165) is 12.8 Å². The molecule has 124 valence electrons. The van der Waals surface area contributed by atoms with Crippen LogP contribution in [-0.4, -0.2) is 36.9 Å². The first-order valence-corrected chi connectivity index (χ1v) is 8.00.